The summed E-state index contributed by atoms with van der Waals surface area (Å²) < 4.78 is 28.0. The Balaban J connectivity index is 1.64. The Bertz CT molecular complexity index is 804. The van der Waals surface area contributed by atoms with Crippen LogP contribution in [-0.2, 0) is 16.6 Å². The molecule has 0 aromatic heterocycles. The van der Waals surface area contributed by atoms with Crippen molar-refractivity contribution >= 4 is 37.6 Å². The highest BCUT2D eigenvalue weighted by Gasteiger charge is 2.29. The largest absolute Gasteiger partial charge is 0.296 e. The molecular weight excluding hydrogens is 412 g/mol. The van der Waals surface area contributed by atoms with Gasteiger partial charge in [-0.2, -0.15) is 4.31 Å². The molecule has 24 heavy (non-hydrogen) atoms. The molecule has 2 aromatic carbocycles. The predicted molar refractivity (Wildman–Crippen MR) is 99.6 cm³/mol. The van der Waals surface area contributed by atoms with Gasteiger partial charge in [0.2, 0.25) is 10.0 Å². The van der Waals surface area contributed by atoms with Gasteiger partial charge in [-0.3, -0.25) is 4.90 Å². The molecule has 0 bridgehead atoms. The van der Waals surface area contributed by atoms with Gasteiger partial charge < -0.3 is 0 Å². The highest BCUT2D eigenvalue weighted by atomic mass is 79.9. The summed E-state index contributed by atoms with van der Waals surface area (Å²) in [5.74, 6) is 0. The molecule has 1 aliphatic rings. The number of benzene rings is 2. The molecule has 0 atom stereocenters. The minimum absolute atomic E-state index is 0.188. The molecular formula is C17H18BrClN2O2S. The van der Waals surface area contributed by atoms with Gasteiger partial charge >= 0.3 is 0 Å². The van der Waals surface area contributed by atoms with E-state index < -0.39 is 10.0 Å². The molecule has 7 heteroatoms. The number of sulfonamides is 1. The Labute approximate surface area is 156 Å². The first-order chi connectivity index (χ1) is 11.5. The first-order valence-corrected chi connectivity index (χ1v) is 10.3. The third-order valence-corrected chi connectivity index (χ3v) is 7.03. The normalized spacial score (nSPS) is 17.1. The lowest BCUT2D eigenvalue weighted by atomic mass is 10.2. The summed E-state index contributed by atoms with van der Waals surface area (Å²) in [5.41, 5.74) is 1.22. The van der Waals surface area contributed by atoms with Crippen molar-refractivity contribution in [3.8, 4) is 0 Å². The van der Waals surface area contributed by atoms with Gasteiger partial charge in [0, 0.05) is 37.2 Å². The van der Waals surface area contributed by atoms with Crippen molar-refractivity contribution in [2.75, 3.05) is 26.2 Å². The molecule has 1 heterocycles. The van der Waals surface area contributed by atoms with Crippen LogP contribution in [0.5, 0.6) is 0 Å². The number of hydrogen-bond acceptors (Lipinski definition) is 3. The lowest BCUT2D eigenvalue weighted by Gasteiger charge is -2.34. The predicted octanol–water partition coefficient (Wildman–Crippen LogP) is 3.61. The zero-order chi connectivity index (χ0) is 17.2. The summed E-state index contributed by atoms with van der Waals surface area (Å²) in [6, 6.07) is 14.8. The maximum absolute atomic E-state index is 12.7. The summed E-state index contributed by atoms with van der Waals surface area (Å²) in [4.78, 5) is 2.45. The summed E-state index contributed by atoms with van der Waals surface area (Å²) in [5, 5.41) is 0.273. The molecule has 1 aliphatic heterocycles. The molecule has 0 unspecified atom stereocenters. The van der Waals surface area contributed by atoms with Gasteiger partial charge in [0.05, 0.1) is 5.02 Å². The Morgan fingerprint density at radius 2 is 1.58 bits per heavy atom. The quantitative estimate of drug-likeness (QED) is 0.745. The SMILES string of the molecule is O=S(=O)(c1ccccc1Cl)N1CCN(Cc2ccc(Br)cc2)CC1. The summed E-state index contributed by atoms with van der Waals surface area (Å²) in [6.07, 6.45) is 0. The van der Waals surface area contributed by atoms with E-state index in [4.69, 9.17) is 11.6 Å². The second-order valence-electron chi connectivity index (χ2n) is 5.74. The molecule has 0 N–H and O–H groups in total. The number of rotatable bonds is 4. The van der Waals surface area contributed by atoms with Gasteiger partial charge in [-0.25, -0.2) is 8.42 Å². The zero-order valence-corrected chi connectivity index (χ0v) is 16.2. The van der Waals surface area contributed by atoms with Crippen molar-refractivity contribution < 1.29 is 8.42 Å². The molecule has 3 rings (SSSR count). The molecule has 1 fully saturated rings. The Kier molecular flexibility index (Phi) is 5.62. The Morgan fingerprint density at radius 3 is 2.21 bits per heavy atom. The topological polar surface area (TPSA) is 40.6 Å². The second kappa shape index (κ2) is 7.54. The van der Waals surface area contributed by atoms with E-state index in [1.165, 1.54) is 9.87 Å². The average Bonchev–Trinajstić information content (AvgIpc) is 2.58. The molecule has 0 saturated carbocycles. The minimum Gasteiger partial charge on any atom is -0.296 e. The lowest BCUT2D eigenvalue weighted by molar-refractivity contribution is 0.181. The third kappa shape index (κ3) is 4.00. The van der Waals surface area contributed by atoms with Gasteiger partial charge in [0.25, 0.3) is 0 Å². The van der Waals surface area contributed by atoms with Crippen LogP contribution in [0, 0.1) is 0 Å². The molecule has 128 valence electrons. The number of nitrogens with zero attached hydrogens (tertiary/aromatic N) is 2. The third-order valence-electron chi connectivity index (χ3n) is 4.11. The minimum atomic E-state index is -3.53. The maximum Gasteiger partial charge on any atom is 0.244 e. The van der Waals surface area contributed by atoms with Crippen LogP contribution in [-0.4, -0.2) is 43.8 Å². The highest BCUT2D eigenvalue weighted by molar-refractivity contribution is 9.10. The van der Waals surface area contributed by atoms with Crippen molar-refractivity contribution in [3.63, 3.8) is 0 Å². The molecule has 0 aliphatic carbocycles. The average molecular weight is 430 g/mol. The van der Waals surface area contributed by atoms with Crippen molar-refractivity contribution in [1.29, 1.82) is 0 Å². The van der Waals surface area contributed by atoms with Crippen LogP contribution in [0.1, 0.15) is 5.56 Å². The number of piperazine rings is 1. The second-order valence-corrected chi connectivity index (χ2v) is 8.97. The molecule has 0 spiro atoms. The first-order valence-electron chi connectivity index (χ1n) is 7.68. The zero-order valence-electron chi connectivity index (χ0n) is 13.0. The van der Waals surface area contributed by atoms with E-state index in [0.717, 1.165) is 11.0 Å². The van der Waals surface area contributed by atoms with Gasteiger partial charge in [-0.15, -0.1) is 0 Å². The van der Waals surface area contributed by atoms with Crippen LogP contribution >= 0.6 is 27.5 Å². The van der Waals surface area contributed by atoms with E-state index in [2.05, 4.69) is 33.0 Å². The smallest absolute Gasteiger partial charge is 0.244 e. The van der Waals surface area contributed by atoms with Gasteiger partial charge in [-0.1, -0.05) is 51.8 Å². The fraction of sp³-hybridized carbons (Fsp3) is 0.294. The standard InChI is InChI=1S/C17H18BrClN2O2S/c18-15-7-5-14(6-8-15)13-20-9-11-21(12-10-20)24(22,23)17-4-2-1-3-16(17)19/h1-8H,9-13H2. The van der Waals surface area contributed by atoms with Gasteiger partial charge in [0.1, 0.15) is 4.90 Å². The fourth-order valence-corrected chi connectivity index (χ4v) is 4.95. The van der Waals surface area contributed by atoms with E-state index in [9.17, 15) is 8.42 Å². The van der Waals surface area contributed by atoms with E-state index in [-0.39, 0.29) is 9.92 Å². The van der Waals surface area contributed by atoms with Crippen molar-refractivity contribution in [2.24, 2.45) is 0 Å². The van der Waals surface area contributed by atoms with E-state index in [1.807, 2.05) is 12.1 Å². The molecule has 2 aromatic rings. The summed E-state index contributed by atoms with van der Waals surface area (Å²) in [7, 11) is -3.53. The van der Waals surface area contributed by atoms with Crippen molar-refractivity contribution in [3.05, 3.63) is 63.6 Å². The van der Waals surface area contributed by atoms with Crippen LogP contribution in [0.15, 0.2) is 57.9 Å². The van der Waals surface area contributed by atoms with Gasteiger partial charge in [-0.05, 0) is 29.8 Å². The lowest BCUT2D eigenvalue weighted by Crippen LogP contribution is -2.48. The molecule has 4 nitrogen and oxygen atoms in total. The van der Waals surface area contributed by atoms with Crippen LogP contribution < -0.4 is 0 Å². The van der Waals surface area contributed by atoms with Crippen LogP contribution in [0.3, 0.4) is 0 Å². The highest BCUT2D eigenvalue weighted by Crippen LogP contribution is 2.25. The van der Waals surface area contributed by atoms with E-state index in [0.29, 0.717) is 26.2 Å². The number of hydrogen-bond donors (Lipinski definition) is 0. The van der Waals surface area contributed by atoms with Crippen molar-refractivity contribution in [2.45, 2.75) is 11.4 Å². The first kappa shape index (κ1) is 17.9. The fourth-order valence-electron chi connectivity index (χ4n) is 2.77. The van der Waals surface area contributed by atoms with Crippen LogP contribution in [0.25, 0.3) is 0 Å². The number of halogens is 2. The summed E-state index contributed by atoms with van der Waals surface area (Å²) >= 11 is 9.49. The summed E-state index contributed by atoms with van der Waals surface area (Å²) in [6.45, 7) is 3.20. The molecule has 0 amide bonds. The van der Waals surface area contributed by atoms with E-state index in [1.54, 1.807) is 24.3 Å². The maximum atomic E-state index is 12.7. The molecule has 0 radical (unpaired) electrons. The molecule has 1 saturated heterocycles. The van der Waals surface area contributed by atoms with E-state index >= 15 is 0 Å². The Hall–Kier alpha value is -0.920. The van der Waals surface area contributed by atoms with Crippen LogP contribution in [0.2, 0.25) is 5.02 Å². The monoisotopic (exact) mass is 428 g/mol. The Morgan fingerprint density at radius 1 is 0.958 bits per heavy atom. The van der Waals surface area contributed by atoms with Crippen LogP contribution in [0.4, 0.5) is 0 Å². The van der Waals surface area contributed by atoms with Gasteiger partial charge in [0.15, 0.2) is 0 Å². The van der Waals surface area contributed by atoms with Crippen molar-refractivity contribution in [1.82, 2.24) is 9.21 Å².